The molecule has 5 nitrogen and oxygen atoms in total. The van der Waals surface area contributed by atoms with E-state index >= 15 is 0 Å². The molecule has 7 heteroatoms. The molecule has 0 amide bonds. The van der Waals surface area contributed by atoms with Gasteiger partial charge in [0.05, 0.1) is 30.2 Å². The molecular formula is C23H18FN3O2Si. The lowest BCUT2D eigenvalue weighted by atomic mass is 9.98. The fraction of sp³-hybridized carbons (Fsp3) is 0.174. The van der Waals surface area contributed by atoms with E-state index in [4.69, 9.17) is 9.73 Å². The summed E-state index contributed by atoms with van der Waals surface area (Å²) in [5.41, 5.74) is 7.15. The van der Waals surface area contributed by atoms with Gasteiger partial charge in [0.25, 0.3) is 0 Å². The molecule has 2 aromatic carbocycles. The summed E-state index contributed by atoms with van der Waals surface area (Å²) >= 11 is 0. The van der Waals surface area contributed by atoms with E-state index < -0.39 is 5.97 Å². The van der Waals surface area contributed by atoms with Crippen LogP contribution in [0.15, 0.2) is 53.8 Å². The highest BCUT2D eigenvalue weighted by atomic mass is 28.2. The van der Waals surface area contributed by atoms with Crippen LogP contribution in [0.5, 0.6) is 0 Å². The lowest BCUT2D eigenvalue weighted by Crippen LogP contribution is -2.10. The Hall–Kier alpha value is -3.50. The summed E-state index contributed by atoms with van der Waals surface area (Å²) in [6.07, 6.45) is 1.58. The number of nitrogens with zero attached hydrogens (tertiary/aromatic N) is 3. The molecule has 0 saturated heterocycles. The summed E-state index contributed by atoms with van der Waals surface area (Å²) in [5.74, 6) is 2.28. The normalized spacial score (nSPS) is 12.0. The summed E-state index contributed by atoms with van der Waals surface area (Å²) in [4.78, 5) is 21.3. The molecule has 1 aromatic heterocycles. The van der Waals surface area contributed by atoms with Crippen LogP contribution in [-0.2, 0) is 11.3 Å². The maximum absolute atomic E-state index is 14.7. The van der Waals surface area contributed by atoms with Crippen molar-refractivity contribution in [3.8, 4) is 17.2 Å². The third-order valence-electron chi connectivity index (χ3n) is 4.69. The number of esters is 1. The Morgan fingerprint density at radius 2 is 2.10 bits per heavy atom. The molecule has 4 rings (SSSR count). The Morgan fingerprint density at radius 1 is 1.27 bits per heavy atom. The average molecular weight is 416 g/mol. The predicted molar refractivity (Wildman–Crippen MR) is 114 cm³/mol. The first-order valence-corrected chi connectivity index (χ1v) is 11.0. The lowest BCUT2D eigenvalue weighted by molar-refractivity contribution is 0.0518. The molecule has 0 N–H and O–H groups in total. The Morgan fingerprint density at radius 3 is 2.87 bits per heavy atom. The fourth-order valence-corrected chi connectivity index (χ4v) is 3.64. The Bertz CT molecular complexity index is 1220. The third kappa shape index (κ3) is 3.58. The van der Waals surface area contributed by atoms with Gasteiger partial charge in [-0.25, -0.2) is 14.2 Å². The second-order valence-electron chi connectivity index (χ2n) is 6.51. The van der Waals surface area contributed by atoms with Crippen LogP contribution in [0.4, 0.5) is 4.39 Å². The van der Waals surface area contributed by atoms with Crippen LogP contribution in [0.25, 0.3) is 5.69 Å². The second kappa shape index (κ2) is 8.47. The van der Waals surface area contributed by atoms with Gasteiger partial charge < -0.3 is 4.74 Å². The van der Waals surface area contributed by atoms with E-state index in [-0.39, 0.29) is 24.7 Å². The van der Waals surface area contributed by atoms with Gasteiger partial charge in [-0.3, -0.25) is 9.56 Å². The van der Waals surface area contributed by atoms with Gasteiger partial charge in [-0.1, -0.05) is 24.6 Å². The molecule has 1 aliphatic rings. The molecule has 1 aliphatic heterocycles. The van der Waals surface area contributed by atoms with Gasteiger partial charge in [-0.15, -0.1) is 5.54 Å². The van der Waals surface area contributed by atoms with Gasteiger partial charge in [-0.2, -0.15) is 0 Å². The third-order valence-corrected chi connectivity index (χ3v) is 5.07. The monoisotopic (exact) mass is 415 g/mol. The predicted octanol–water partition coefficient (Wildman–Crippen LogP) is 3.60. The molecule has 148 valence electrons. The van der Waals surface area contributed by atoms with E-state index in [2.05, 4.69) is 16.4 Å². The highest BCUT2D eigenvalue weighted by molar-refractivity contribution is 6.44. The zero-order chi connectivity index (χ0) is 21.1. The zero-order valence-electron chi connectivity index (χ0n) is 16.6. The summed E-state index contributed by atoms with van der Waals surface area (Å²) in [6, 6.07) is 12.3. The van der Waals surface area contributed by atoms with Crippen molar-refractivity contribution in [2.75, 3.05) is 6.61 Å². The van der Waals surface area contributed by atoms with Crippen molar-refractivity contribution >= 4 is 21.2 Å². The Kier molecular flexibility index (Phi) is 5.59. The average Bonchev–Trinajstić information content (AvgIpc) is 3.11. The van der Waals surface area contributed by atoms with Crippen LogP contribution < -0.4 is 0 Å². The van der Waals surface area contributed by atoms with Crippen LogP contribution in [0.3, 0.4) is 0 Å². The minimum Gasteiger partial charge on any atom is -0.461 e. The summed E-state index contributed by atoms with van der Waals surface area (Å²) in [6.45, 7) is 4.18. The van der Waals surface area contributed by atoms with E-state index in [0.29, 0.717) is 26.5 Å². The van der Waals surface area contributed by atoms with Crippen molar-refractivity contribution in [3.63, 3.8) is 0 Å². The van der Waals surface area contributed by atoms with Gasteiger partial charge in [0.1, 0.15) is 21.7 Å². The van der Waals surface area contributed by atoms with E-state index in [9.17, 15) is 9.18 Å². The topological polar surface area (TPSA) is 56.5 Å². The van der Waals surface area contributed by atoms with E-state index in [1.165, 1.54) is 6.07 Å². The minimum absolute atomic E-state index is 0.170. The van der Waals surface area contributed by atoms with Crippen molar-refractivity contribution < 1.29 is 13.9 Å². The number of carbonyl (C=O) groups is 1. The van der Waals surface area contributed by atoms with Crippen LogP contribution >= 0.6 is 0 Å². The number of imidazole rings is 1. The number of benzene rings is 2. The number of carbonyl (C=O) groups excluding carboxylic acids is 1. The maximum Gasteiger partial charge on any atom is 0.358 e. The lowest BCUT2D eigenvalue weighted by Gasteiger charge is -2.13. The number of rotatable bonds is 3. The van der Waals surface area contributed by atoms with E-state index in [0.717, 1.165) is 16.8 Å². The summed E-state index contributed by atoms with van der Waals surface area (Å²) in [7, 11) is 0.508. The van der Waals surface area contributed by atoms with Crippen molar-refractivity contribution in [1.29, 1.82) is 0 Å². The molecule has 0 saturated carbocycles. The highest BCUT2D eigenvalue weighted by Gasteiger charge is 2.26. The van der Waals surface area contributed by atoms with Crippen LogP contribution in [0, 0.1) is 17.3 Å². The first kappa shape index (κ1) is 19.8. The van der Waals surface area contributed by atoms with Crippen molar-refractivity contribution in [1.82, 2.24) is 9.55 Å². The molecule has 0 fully saturated rings. The maximum atomic E-state index is 14.7. The van der Waals surface area contributed by atoms with E-state index in [1.807, 2.05) is 29.3 Å². The largest absolute Gasteiger partial charge is 0.461 e. The number of aromatic nitrogens is 2. The van der Waals surface area contributed by atoms with Crippen LogP contribution in [0.2, 0.25) is 6.55 Å². The highest BCUT2D eigenvalue weighted by Crippen LogP contribution is 2.28. The number of hydrogen-bond acceptors (Lipinski definition) is 4. The molecule has 0 unspecified atom stereocenters. The molecule has 3 aromatic rings. The number of aliphatic imine (C=N–C) groups is 1. The van der Waals surface area contributed by atoms with Crippen molar-refractivity contribution in [3.05, 3.63) is 82.7 Å². The smallest absolute Gasteiger partial charge is 0.358 e. The second-order valence-corrected chi connectivity index (χ2v) is 7.26. The van der Waals surface area contributed by atoms with Crippen LogP contribution in [0.1, 0.15) is 39.8 Å². The van der Waals surface area contributed by atoms with Crippen molar-refractivity contribution in [2.45, 2.75) is 20.0 Å². The molecule has 0 spiro atoms. The standard InChI is InChI=1S/C23H18FN3O2Si/c1-3-29-23(28)22-20-13-25-21(16-6-4-5-7-18(16)24)17-12-15(10-11-30-2)8-9-19(17)27(20)14-26-22/h4-9,12,14H,3,13H2,1-2H3. The number of hydrogen-bond donors (Lipinski definition) is 0. The first-order valence-electron chi connectivity index (χ1n) is 9.49. The Labute approximate surface area is 176 Å². The fourth-order valence-electron chi connectivity index (χ4n) is 3.37. The SMILES string of the molecule is CCOC(=O)c1ncn2c1CN=C(c1ccccc1F)c1cc(C#C[Si]C)ccc1-2. The first-order chi connectivity index (χ1) is 14.6. The van der Waals surface area contributed by atoms with Gasteiger partial charge in [-0.05, 0) is 37.3 Å². The van der Waals surface area contributed by atoms with Crippen molar-refractivity contribution in [2.24, 2.45) is 4.99 Å². The van der Waals surface area contributed by atoms with Gasteiger partial charge in [0, 0.05) is 16.7 Å². The summed E-state index contributed by atoms with van der Waals surface area (Å²) in [5, 5.41) is 0. The molecule has 2 radical (unpaired) electrons. The number of ether oxygens (including phenoxy) is 1. The molecule has 0 bridgehead atoms. The molecule has 0 aliphatic carbocycles. The number of halogens is 1. The molecule has 30 heavy (non-hydrogen) atoms. The van der Waals surface area contributed by atoms with E-state index in [1.54, 1.807) is 31.5 Å². The molecule has 2 heterocycles. The van der Waals surface area contributed by atoms with Crippen LogP contribution in [-0.4, -0.2) is 37.4 Å². The summed E-state index contributed by atoms with van der Waals surface area (Å²) < 4.78 is 21.6. The van der Waals surface area contributed by atoms with Gasteiger partial charge >= 0.3 is 5.97 Å². The quantitative estimate of drug-likeness (QED) is 0.373. The van der Waals surface area contributed by atoms with Gasteiger partial charge in [0.15, 0.2) is 5.69 Å². The van der Waals surface area contributed by atoms with Gasteiger partial charge in [0.2, 0.25) is 0 Å². The minimum atomic E-state index is -0.497. The number of fused-ring (bicyclic) bond motifs is 3. The molecule has 0 atom stereocenters. The Balaban J connectivity index is 1.94. The zero-order valence-corrected chi connectivity index (χ0v) is 17.6. The molecular weight excluding hydrogens is 397 g/mol.